The smallest absolute Gasteiger partial charge is 0.119 e. The Hall–Kier alpha value is -1.76. The summed E-state index contributed by atoms with van der Waals surface area (Å²) in [5, 5.41) is 0. The molecule has 0 spiro atoms. The largest absolute Gasteiger partial charge is 0.493 e. The highest BCUT2D eigenvalue weighted by Crippen LogP contribution is 2.08. The molecule has 0 aliphatic heterocycles. The predicted octanol–water partition coefficient (Wildman–Crippen LogP) is 3.11. The van der Waals surface area contributed by atoms with E-state index < -0.39 is 0 Å². The lowest BCUT2D eigenvalue weighted by Gasteiger charge is -2.05. The number of hydrogen-bond donors (Lipinski definition) is 0. The molecule has 0 saturated heterocycles. The van der Waals surface area contributed by atoms with Crippen molar-refractivity contribution in [1.29, 1.82) is 0 Å². The van der Waals surface area contributed by atoms with Gasteiger partial charge in [0.25, 0.3) is 0 Å². The Morgan fingerprint density at radius 2 is 1.87 bits per heavy atom. The van der Waals surface area contributed by atoms with Crippen molar-refractivity contribution in [2.75, 3.05) is 6.61 Å². The Balaban J connectivity index is 1.81. The minimum atomic E-state index is 0.710. The third-order valence-corrected chi connectivity index (χ3v) is 2.18. The highest BCUT2D eigenvalue weighted by molar-refractivity contribution is 5.20. The van der Waals surface area contributed by atoms with Gasteiger partial charge in [-0.15, -0.1) is 0 Å². The quantitative estimate of drug-likeness (QED) is 0.731. The van der Waals surface area contributed by atoms with Crippen molar-refractivity contribution < 1.29 is 4.74 Å². The van der Waals surface area contributed by atoms with Crippen LogP contribution in [0.4, 0.5) is 0 Å². The van der Waals surface area contributed by atoms with Gasteiger partial charge in [0.05, 0.1) is 6.61 Å². The van der Waals surface area contributed by atoms with E-state index in [0.717, 1.165) is 12.2 Å². The first-order valence-corrected chi connectivity index (χ1v) is 5.08. The van der Waals surface area contributed by atoms with Crippen LogP contribution < -0.4 is 4.74 Å². The summed E-state index contributed by atoms with van der Waals surface area (Å²) in [7, 11) is 0. The fraction of sp³-hybridized carbons (Fsp3) is 0.143. The fourth-order valence-corrected chi connectivity index (χ4v) is 1.40. The van der Waals surface area contributed by atoms with Crippen molar-refractivity contribution in [2.24, 2.45) is 0 Å². The van der Waals surface area contributed by atoms with Crippen LogP contribution in [0, 0.1) is 6.07 Å². The maximum atomic E-state index is 5.58. The zero-order chi connectivity index (χ0) is 10.3. The zero-order valence-electron chi connectivity index (χ0n) is 8.52. The Morgan fingerprint density at radius 3 is 2.60 bits per heavy atom. The summed E-state index contributed by atoms with van der Waals surface area (Å²) in [6.07, 6.45) is 0.940. The van der Waals surface area contributed by atoms with Crippen molar-refractivity contribution in [3.8, 4) is 5.75 Å². The lowest BCUT2D eigenvalue weighted by atomic mass is 10.2. The van der Waals surface area contributed by atoms with Crippen LogP contribution in [0.25, 0.3) is 0 Å². The Morgan fingerprint density at radius 1 is 1.00 bits per heavy atom. The third kappa shape index (κ3) is 3.13. The first-order valence-electron chi connectivity index (χ1n) is 5.08. The molecule has 0 fully saturated rings. The molecule has 0 amide bonds. The molecule has 0 atom stereocenters. The summed E-state index contributed by atoms with van der Waals surface area (Å²) in [6.45, 7) is 0.710. The first kappa shape index (κ1) is 9.78. The SMILES string of the molecule is [c]1cccc(OCCc2ccccc2)c1. The van der Waals surface area contributed by atoms with E-state index in [9.17, 15) is 0 Å². The van der Waals surface area contributed by atoms with Gasteiger partial charge in [0.1, 0.15) is 5.75 Å². The molecule has 75 valence electrons. The van der Waals surface area contributed by atoms with Crippen molar-refractivity contribution >= 4 is 0 Å². The number of hydrogen-bond acceptors (Lipinski definition) is 1. The molecule has 0 unspecified atom stereocenters. The Kier molecular flexibility index (Phi) is 3.39. The maximum absolute atomic E-state index is 5.58. The molecule has 1 heteroatoms. The molecule has 0 N–H and O–H groups in total. The van der Waals surface area contributed by atoms with Crippen LogP contribution in [0.3, 0.4) is 0 Å². The average Bonchev–Trinajstić information content (AvgIpc) is 2.32. The van der Waals surface area contributed by atoms with Crippen molar-refractivity contribution in [2.45, 2.75) is 6.42 Å². The predicted molar refractivity (Wildman–Crippen MR) is 60.9 cm³/mol. The summed E-state index contributed by atoms with van der Waals surface area (Å²) >= 11 is 0. The molecule has 1 radical (unpaired) electrons. The highest BCUT2D eigenvalue weighted by atomic mass is 16.5. The van der Waals surface area contributed by atoms with Gasteiger partial charge in [-0.1, -0.05) is 42.5 Å². The van der Waals surface area contributed by atoms with Crippen molar-refractivity contribution in [3.05, 3.63) is 66.2 Å². The van der Waals surface area contributed by atoms with Crippen molar-refractivity contribution in [1.82, 2.24) is 0 Å². The van der Waals surface area contributed by atoms with Gasteiger partial charge in [0, 0.05) is 6.42 Å². The molecule has 0 aliphatic rings. The van der Waals surface area contributed by atoms with Crippen LogP contribution in [0.15, 0.2) is 54.6 Å². The number of ether oxygens (including phenoxy) is 1. The van der Waals surface area contributed by atoms with E-state index in [0.29, 0.717) is 6.61 Å². The molecule has 2 aromatic rings. The molecule has 0 bridgehead atoms. The number of rotatable bonds is 4. The second kappa shape index (κ2) is 5.20. The second-order valence-electron chi connectivity index (χ2n) is 3.32. The van der Waals surface area contributed by atoms with E-state index in [1.807, 2.05) is 42.5 Å². The van der Waals surface area contributed by atoms with Gasteiger partial charge in [-0.05, 0) is 23.8 Å². The normalized spacial score (nSPS) is 9.87. The monoisotopic (exact) mass is 197 g/mol. The van der Waals surface area contributed by atoms with Crippen LogP contribution in [0.1, 0.15) is 5.56 Å². The first-order chi connectivity index (χ1) is 7.45. The summed E-state index contributed by atoms with van der Waals surface area (Å²) in [5.41, 5.74) is 1.30. The lowest BCUT2D eigenvalue weighted by Crippen LogP contribution is -2.00. The fourth-order valence-electron chi connectivity index (χ4n) is 1.40. The topological polar surface area (TPSA) is 9.23 Å². The summed E-state index contributed by atoms with van der Waals surface area (Å²) in [4.78, 5) is 0. The highest BCUT2D eigenvalue weighted by Gasteiger charge is 1.93. The Bertz CT molecular complexity index is 341. The van der Waals surface area contributed by atoms with Gasteiger partial charge in [0.2, 0.25) is 0 Å². The van der Waals surface area contributed by atoms with Crippen LogP contribution in [-0.2, 0) is 6.42 Å². The van der Waals surface area contributed by atoms with Crippen LogP contribution in [0.2, 0.25) is 0 Å². The summed E-state index contributed by atoms with van der Waals surface area (Å²) in [6, 6.07) is 20.9. The molecule has 0 heterocycles. The molecule has 2 aromatic carbocycles. The van der Waals surface area contributed by atoms with Crippen LogP contribution >= 0.6 is 0 Å². The minimum absolute atomic E-state index is 0.710. The maximum Gasteiger partial charge on any atom is 0.119 e. The molecule has 15 heavy (non-hydrogen) atoms. The minimum Gasteiger partial charge on any atom is -0.493 e. The molecule has 0 aliphatic carbocycles. The van der Waals surface area contributed by atoms with E-state index >= 15 is 0 Å². The van der Waals surface area contributed by atoms with E-state index in [1.165, 1.54) is 5.56 Å². The van der Waals surface area contributed by atoms with Gasteiger partial charge >= 0.3 is 0 Å². The molecule has 0 saturated carbocycles. The van der Waals surface area contributed by atoms with Gasteiger partial charge < -0.3 is 4.74 Å². The zero-order valence-corrected chi connectivity index (χ0v) is 8.52. The summed E-state index contributed by atoms with van der Waals surface area (Å²) < 4.78 is 5.58. The van der Waals surface area contributed by atoms with Gasteiger partial charge in [-0.3, -0.25) is 0 Å². The lowest BCUT2D eigenvalue weighted by molar-refractivity contribution is 0.322. The van der Waals surface area contributed by atoms with Gasteiger partial charge in [0.15, 0.2) is 0 Å². The molecule has 0 aromatic heterocycles. The van der Waals surface area contributed by atoms with Gasteiger partial charge in [-0.25, -0.2) is 0 Å². The standard InChI is InChI=1S/C14H13O/c1-3-7-13(8-4-1)11-12-15-14-9-5-2-6-10-14/h1-5,7-10H,11-12H2. The average molecular weight is 197 g/mol. The van der Waals surface area contributed by atoms with E-state index in [4.69, 9.17) is 4.74 Å². The van der Waals surface area contributed by atoms with Crippen molar-refractivity contribution in [3.63, 3.8) is 0 Å². The third-order valence-electron chi connectivity index (χ3n) is 2.18. The van der Waals surface area contributed by atoms with E-state index in [-0.39, 0.29) is 0 Å². The van der Waals surface area contributed by atoms with Crippen LogP contribution in [0.5, 0.6) is 5.75 Å². The second-order valence-corrected chi connectivity index (χ2v) is 3.32. The van der Waals surface area contributed by atoms with Gasteiger partial charge in [-0.2, -0.15) is 0 Å². The summed E-state index contributed by atoms with van der Waals surface area (Å²) in [5.74, 6) is 0.883. The number of benzene rings is 2. The molecule has 2 rings (SSSR count). The Labute approximate surface area is 90.3 Å². The molecular formula is C14H13O. The van der Waals surface area contributed by atoms with E-state index in [1.54, 1.807) is 0 Å². The molecule has 1 nitrogen and oxygen atoms in total. The van der Waals surface area contributed by atoms with Crippen LogP contribution in [-0.4, -0.2) is 6.61 Å². The molecular weight excluding hydrogens is 184 g/mol. The van der Waals surface area contributed by atoms with E-state index in [2.05, 4.69) is 18.2 Å².